The SMILES string of the molecule is CC(=O)N[C@H]1CCCN(c2ccnc3[nH]cc(-c4ccnnc4)c23)C1. The highest BCUT2D eigenvalue weighted by molar-refractivity contribution is 6.02. The highest BCUT2D eigenvalue weighted by Gasteiger charge is 2.23. The van der Waals surface area contributed by atoms with Crippen molar-refractivity contribution < 1.29 is 4.79 Å². The number of carbonyl (C=O) groups is 1. The van der Waals surface area contributed by atoms with Crippen molar-refractivity contribution in [2.24, 2.45) is 0 Å². The number of nitrogens with one attached hydrogen (secondary N) is 2. The minimum atomic E-state index is 0.0249. The van der Waals surface area contributed by atoms with Gasteiger partial charge in [-0.1, -0.05) is 0 Å². The van der Waals surface area contributed by atoms with Crippen LogP contribution in [0, 0.1) is 0 Å². The van der Waals surface area contributed by atoms with Gasteiger partial charge in [-0.15, -0.1) is 0 Å². The molecule has 4 heterocycles. The van der Waals surface area contributed by atoms with Crippen LogP contribution in [0.1, 0.15) is 19.8 Å². The lowest BCUT2D eigenvalue weighted by Gasteiger charge is -2.35. The van der Waals surface area contributed by atoms with E-state index in [-0.39, 0.29) is 11.9 Å². The number of hydrogen-bond acceptors (Lipinski definition) is 5. The summed E-state index contributed by atoms with van der Waals surface area (Å²) in [6, 6.07) is 4.17. The number of carbonyl (C=O) groups excluding carboxylic acids is 1. The summed E-state index contributed by atoms with van der Waals surface area (Å²) in [5.41, 5.74) is 4.06. The van der Waals surface area contributed by atoms with Crippen LogP contribution in [0.25, 0.3) is 22.2 Å². The highest BCUT2D eigenvalue weighted by atomic mass is 16.1. The Bertz CT molecular complexity index is 891. The number of anilines is 1. The Morgan fingerprint density at radius 2 is 2.24 bits per heavy atom. The number of rotatable bonds is 3. The first kappa shape index (κ1) is 15.6. The first-order chi connectivity index (χ1) is 12.2. The molecule has 2 N–H and O–H groups in total. The van der Waals surface area contributed by atoms with Gasteiger partial charge >= 0.3 is 0 Å². The van der Waals surface area contributed by atoms with Crippen molar-refractivity contribution in [2.45, 2.75) is 25.8 Å². The molecular weight excluding hydrogens is 316 g/mol. The molecule has 7 nitrogen and oxygen atoms in total. The predicted molar refractivity (Wildman–Crippen MR) is 96.2 cm³/mol. The van der Waals surface area contributed by atoms with E-state index in [4.69, 9.17) is 0 Å². The maximum atomic E-state index is 11.4. The Morgan fingerprint density at radius 1 is 1.32 bits per heavy atom. The van der Waals surface area contributed by atoms with Crippen LogP contribution in [0.2, 0.25) is 0 Å². The molecule has 0 saturated carbocycles. The van der Waals surface area contributed by atoms with E-state index < -0.39 is 0 Å². The summed E-state index contributed by atoms with van der Waals surface area (Å²) in [7, 11) is 0. The summed E-state index contributed by atoms with van der Waals surface area (Å²) >= 11 is 0. The third-order valence-electron chi connectivity index (χ3n) is 4.62. The monoisotopic (exact) mass is 336 g/mol. The van der Waals surface area contributed by atoms with E-state index in [1.807, 2.05) is 24.5 Å². The highest BCUT2D eigenvalue weighted by Crippen LogP contribution is 2.35. The fourth-order valence-electron chi connectivity index (χ4n) is 3.58. The Morgan fingerprint density at radius 3 is 3.04 bits per heavy atom. The molecule has 1 aliphatic heterocycles. The fourth-order valence-corrected chi connectivity index (χ4v) is 3.58. The molecule has 0 unspecified atom stereocenters. The minimum absolute atomic E-state index is 0.0249. The number of nitrogens with zero attached hydrogens (tertiary/aromatic N) is 4. The number of hydrogen-bond donors (Lipinski definition) is 2. The average molecular weight is 336 g/mol. The van der Waals surface area contributed by atoms with Gasteiger partial charge in [-0.25, -0.2) is 4.98 Å². The summed E-state index contributed by atoms with van der Waals surface area (Å²) in [5, 5.41) is 12.0. The van der Waals surface area contributed by atoms with Crippen molar-refractivity contribution in [2.75, 3.05) is 18.0 Å². The first-order valence-electron chi connectivity index (χ1n) is 8.47. The molecule has 1 aliphatic rings. The van der Waals surface area contributed by atoms with Crippen LogP contribution in [-0.4, -0.2) is 45.2 Å². The second-order valence-corrected chi connectivity index (χ2v) is 6.37. The lowest BCUT2D eigenvalue weighted by Crippen LogP contribution is -2.47. The largest absolute Gasteiger partial charge is 0.369 e. The molecule has 0 bridgehead atoms. The van der Waals surface area contributed by atoms with Crippen LogP contribution in [-0.2, 0) is 4.79 Å². The van der Waals surface area contributed by atoms with E-state index in [0.29, 0.717) is 0 Å². The van der Waals surface area contributed by atoms with E-state index in [1.165, 1.54) is 0 Å². The summed E-state index contributed by atoms with van der Waals surface area (Å²) in [4.78, 5) is 21.5. The smallest absolute Gasteiger partial charge is 0.217 e. The van der Waals surface area contributed by atoms with E-state index in [0.717, 1.165) is 53.8 Å². The van der Waals surface area contributed by atoms with Gasteiger partial charge in [0.25, 0.3) is 0 Å². The molecule has 7 heteroatoms. The second kappa shape index (κ2) is 6.51. The van der Waals surface area contributed by atoms with Gasteiger partial charge in [0.05, 0.1) is 12.4 Å². The van der Waals surface area contributed by atoms with Gasteiger partial charge in [0.2, 0.25) is 5.91 Å². The predicted octanol–water partition coefficient (Wildman–Crippen LogP) is 2.12. The van der Waals surface area contributed by atoms with Gasteiger partial charge in [-0.05, 0) is 25.0 Å². The van der Waals surface area contributed by atoms with Gasteiger partial charge < -0.3 is 15.2 Å². The van der Waals surface area contributed by atoms with Crippen LogP contribution in [0.4, 0.5) is 5.69 Å². The molecule has 3 aromatic heterocycles. The Kier molecular flexibility index (Phi) is 4.05. The normalized spacial score (nSPS) is 17.6. The molecule has 25 heavy (non-hydrogen) atoms. The molecule has 0 radical (unpaired) electrons. The summed E-state index contributed by atoms with van der Waals surface area (Å²) in [5.74, 6) is 0.0249. The Balaban J connectivity index is 1.74. The Hall–Kier alpha value is -2.96. The Labute approximate surface area is 145 Å². The van der Waals surface area contributed by atoms with Gasteiger partial charge in [0.1, 0.15) is 5.65 Å². The van der Waals surface area contributed by atoms with Crippen molar-refractivity contribution >= 4 is 22.6 Å². The van der Waals surface area contributed by atoms with Crippen LogP contribution >= 0.6 is 0 Å². The maximum absolute atomic E-state index is 11.4. The average Bonchev–Trinajstić information content (AvgIpc) is 3.06. The molecule has 128 valence electrons. The van der Waals surface area contributed by atoms with Crippen molar-refractivity contribution in [1.82, 2.24) is 25.5 Å². The third-order valence-corrected chi connectivity index (χ3v) is 4.62. The van der Waals surface area contributed by atoms with Crippen LogP contribution in [0.5, 0.6) is 0 Å². The molecule has 3 aromatic rings. The molecule has 1 fully saturated rings. The molecule has 1 atom stereocenters. The quantitative estimate of drug-likeness (QED) is 0.765. The first-order valence-corrected chi connectivity index (χ1v) is 8.47. The lowest BCUT2D eigenvalue weighted by atomic mass is 10.0. The van der Waals surface area contributed by atoms with Crippen molar-refractivity contribution in [3.05, 3.63) is 36.9 Å². The van der Waals surface area contributed by atoms with Gasteiger partial charge in [-0.3, -0.25) is 4.79 Å². The number of aromatic amines is 1. The zero-order valence-corrected chi connectivity index (χ0v) is 14.1. The molecule has 0 spiro atoms. The van der Waals surface area contributed by atoms with Gasteiger partial charge in [0, 0.05) is 60.6 Å². The van der Waals surface area contributed by atoms with E-state index >= 15 is 0 Å². The number of H-pyrrole nitrogens is 1. The number of aromatic nitrogens is 4. The molecule has 0 aromatic carbocycles. The molecule has 0 aliphatic carbocycles. The second-order valence-electron chi connectivity index (χ2n) is 6.37. The van der Waals surface area contributed by atoms with E-state index in [2.05, 4.69) is 30.4 Å². The topological polar surface area (TPSA) is 86.8 Å². The van der Waals surface area contributed by atoms with Crippen LogP contribution in [0.3, 0.4) is 0 Å². The zero-order chi connectivity index (χ0) is 17.2. The van der Waals surface area contributed by atoms with Crippen molar-refractivity contribution in [3.8, 4) is 11.1 Å². The van der Waals surface area contributed by atoms with E-state index in [1.54, 1.807) is 19.3 Å². The zero-order valence-electron chi connectivity index (χ0n) is 14.1. The standard InChI is InChI=1S/C18H20N6O/c1-12(25)23-14-3-2-8-24(11-14)16-5-6-19-18-17(16)15(10-20-18)13-4-7-21-22-9-13/h4-7,9-10,14H,2-3,8,11H2,1H3,(H,19,20)(H,23,25)/t14-/m0/s1. The summed E-state index contributed by atoms with van der Waals surface area (Å²) in [6.07, 6.45) is 9.30. The molecular formula is C18H20N6O. The number of pyridine rings is 1. The van der Waals surface area contributed by atoms with Crippen molar-refractivity contribution in [1.29, 1.82) is 0 Å². The number of piperidine rings is 1. The molecule has 4 rings (SSSR count). The van der Waals surface area contributed by atoms with Gasteiger partial charge in [-0.2, -0.15) is 10.2 Å². The summed E-state index contributed by atoms with van der Waals surface area (Å²) in [6.45, 7) is 3.34. The van der Waals surface area contributed by atoms with Crippen LogP contribution < -0.4 is 10.2 Å². The minimum Gasteiger partial charge on any atom is -0.369 e. The van der Waals surface area contributed by atoms with Gasteiger partial charge in [0.15, 0.2) is 0 Å². The third kappa shape index (κ3) is 3.05. The van der Waals surface area contributed by atoms with Crippen molar-refractivity contribution in [3.63, 3.8) is 0 Å². The van der Waals surface area contributed by atoms with E-state index in [9.17, 15) is 4.79 Å². The fraction of sp³-hybridized carbons (Fsp3) is 0.333. The lowest BCUT2D eigenvalue weighted by molar-refractivity contribution is -0.119. The number of fused-ring (bicyclic) bond motifs is 1. The number of amides is 1. The molecule has 1 amide bonds. The molecule has 1 saturated heterocycles. The summed E-state index contributed by atoms with van der Waals surface area (Å²) < 4.78 is 0. The van der Waals surface area contributed by atoms with Crippen LogP contribution in [0.15, 0.2) is 36.9 Å². The maximum Gasteiger partial charge on any atom is 0.217 e.